The fraction of sp³-hybridized carbons (Fsp3) is 0.111. The van der Waals surface area contributed by atoms with Gasteiger partial charge in [-0.05, 0) is 22.0 Å². The van der Waals surface area contributed by atoms with Gasteiger partial charge in [0.25, 0.3) is 0 Å². The highest BCUT2D eigenvalue weighted by Crippen LogP contribution is 2.28. The maximum atomic E-state index is 5.09. The molecule has 0 aliphatic carbocycles. The van der Waals surface area contributed by atoms with Crippen LogP contribution in [0.5, 0.6) is 5.75 Å². The van der Waals surface area contributed by atoms with Gasteiger partial charge in [-0.25, -0.2) is 9.97 Å². The van der Waals surface area contributed by atoms with Gasteiger partial charge in [0.15, 0.2) is 5.75 Å². The van der Waals surface area contributed by atoms with Gasteiger partial charge in [-0.15, -0.1) is 11.3 Å². The van der Waals surface area contributed by atoms with Crippen molar-refractivity contribution >= 4 is 27.3 Å². The predicted octanol–water partition coefficient (Wildman–Crippen LogP) is 2.98. The van der Waals surface area contributed by atoms with Crippen LogP contribution >= 0.6 is 27.3 Å². The van der Waals surface area contributed by atoms with Crippen molar-refractivity contribution in [2.45, 2.75) is 0 Å². The fourth-order valence-corrected chi connectivity index (χ4v) is 2.12. The minimum atomic E-state index is 0.727. The van der Waals surface area contributed by atoms with E-state index < -0.39 is 0 Å². The molecule has 2 heterocycles. The third kappa shape index (κ3) is 1.78. The molecule has 0 atom stereocenters. The number of thiazole rings is 1. The van der Waals surface area contributed by atoms with E-state index in [1.165, 1.54) is 0 Å². The van der Waals surface area contributed by atoms with Crippen LogP contribution in [0.3, 0.4) is 0 Å². The van der Waals surface area contributed by atoms with Gasteiger partial charge in [0.2, 0.25) is 0 Å². The third-order valence-electron chi connectivity index (χ3n) is 1.69. The summed E-state index contributed by atoms with van der Waals surface area (Å²) in [6, 6.07) is 1.90. The van der Waals surface area contributed by atoms with Crippen LogP contribution in [-0.4, -0.2) is 17.1 Å². The molecule has 0 aliphatic heterocycles. The summed E-state index contributed by atoms with van der Waals surface area (Å²) in [4.78, 5) is 8.42. The second-order valence-corrected chi connectivity index (χ2v) is 4.29. The molecule has 0 spiro atoms. The predicted molar refractivity (Wildman–Crippen MR) is 59.6 cm³/mol. The third-order valence-corrected chi connectivity index (χ3v) is 3.11. The molecule has 72 valence electrons. The first-order valence-electron chi connectivity index (χ1n) is 3.90. The van der Waals surface area contributed by atoms with E-state index >= 15 is 0 Å². The Hall–Kier alpha value is -0.940. The molecule has 3 nitrogen and oxygen atoms in total. The van der Waals surface area contributed by atoms with Gasteiger partial charge in [-0.3, -0.25) is 0 Å². The van der Waals surface area contributed by atoms with Crippen LogP contribution in [0.1, 0.15) is 0 Å². The number of pyridine rings is 1. The molecular weight excluding hydrogens is 264 g/mol. The molecule has 0 bridgehead atoms. The number of hydrogen-bond acceptors (Lipinski definition) is 4. The molecule has 0 aliphatic rings. The van der Waals surface area contributed by atoms with Crippen molar-refractivity contribution in [1.82, 2.24) is 9.97 Å². The van der Waals surface area contributed by atoms with E-state index in [1.54, 1.807) is 30.8 Å². The SMILES string of the molecule is COc1cnc(-c2nccs2)cc1Br. The van der Waals surface area contributed by atoms with Gasteiger partial charge in [0.1, 0.15) is 10.7 Å². The van der Waals surface area contributed by atoms with Crippen molar-refractivity contribution < 1.29 is 4.74 Å². The summed E-state index contributed by atoms with van der Waals surface area (Å²) in [6.45, 7) is 0. The highest BCUT2D eigenvalue weighted by atomic mass is 79.9. The van der Waals surface area contributed by atoms with Crippen molar-refractivity contribution in [3.8, 4) is 16.5 Å². The molecule has 2 rings (SSSR count). The molecule has 0 fully saturated rings. The molecule has 0 amide bonds. The molecule has 0 radical (unpaired) electrons. The molecule has 0 unspecified atom stereocenters. The van der Waals surface area contributed by atoms with E-state index in [-0.39, 0.29) is 0 Å². The molecule has 0 N–H and O–H groups in total. The lowest BCUT2D eigenvalue weighted by molar-refractivity contribution is 0.410. The van der Waals surface area contributed by atoms with Crippen LogP contribution in [0.15, 0.2) is 28.3 Å². The minimum absolute atomic E-state index is 0.727. The van der Waals surface area contributed by atoms with Crippen molar-refractivity contribution in [3.63, 3.8) is 0 Å². The topological polar surface area (TPSA) is 35.0 Å². The lowest BCUT2D eigenvalue weighted by atomic mass is 10.3. The van der Waals surface area contributed by atoms with Crippen molar-refractivity contribution in [2.75, 3.05) is 7.11 Å². The Morgan fingerprint density at radius 2 is 2.29 bits per heavy atom. The van der Waals surface area contributed by atoms with Crippen LogP contribution in [-0.2, 0) is 0 Å². The van der Waals surface area contributed by atoms with Crippen molar-refractivity contribution in [3.05, 3.63) is 28.3 Å². The maximum Gasteiger partial charge on any atom is 0.151 e. The minimum Gasteiger partial charge on any atom is -0.494 e. The van der Waals surface area contributed by atoms with Gasteiger partial charge >= 0.3 is 0 Å². The fourth-order valence-electron chi connectivity index (χ4n) is 1.04. The lowest BCUT2D eigenvalue weighted by Crippen LogP contribution is -1.88. The molecule has 0 aromatic carbocycles. The van der Waals surface area contributed by atoms with Gasteiger partial charge in [0.05, 0.1) is 17.8 Å². The molecular formula is C9H7BrN2OS. The first-order valence-corrected chi connectivity index (χ1v) is 5.58. The Morgan fingerprint density at radius 1 is 1.43 bits per heavy atom. The second-order valence-electron chi connectivity index (χ2n) is 2.54. The molecule has 0 saturated heterocycles. The summed E-state index contributed by atoms with van der Waals surface area (Å²) >= 11 is 4.97. The zero-order valence-corrected chi connectivity index (χ0v) is 9.80. The second kappa shape index (κ2) is 4.06. The average Bonchev–Trinajstić information content (AvgIpc) is 2.70. The standard InChI is InChI=1S/C9H7BrN2OS/c1-13-8-5-12-7(4-6(8)10)9-11-2-3-14-9/h2-5H,1H3. The van der Waals surface area contributed by atoms with Crippen LogP contribution in [0.4, 0.5) is 0 Å². The number of nitrogens with zero attached hydrogens (tertiary/aromatic N) is 2. The van der Waals surface area contributed by atoms with E-state index in [0.29, 0.717) is 0 Å². The van der Waals surface area contributed by atoms with E-state index in [1.807, 2.05) is 11.4 Å². The molecule has 0 saturated carbocycles. The van der Waals surface area contributed by atoms with E-state index in [0.717, 1.165) is 20.9 Å². The Morgan fingerprint density at radius 3 is 2.86 bits per heavy atom. The Labute approximate surface area is 93.9 Å². The zero-order chi connectivity index (χ0) is 9.97. The number of methoxy groups -OCH3 is 1. The van der Waals surface area contributed by atoms with Gasteiger partial charge in [-0.2, -0.15) is 0 Å². The van der Waals surface area contributed by atoms with Gasteiger partial charge < -0.3 is 4.74 Å². The Balaban J connectivity index is 2.43. The molecule has 2 aromatic rings. The molecule has 2 aromatic heterocycles. The number of rotatable bonds is 2. The van der Waals surface area contributed by atoms with Crippen molar-refractivity contribution in [1.29, 1.82) is 0 Å². The summed E-state index contributed by atoms with van der Waals surface area (Å²) < 4.78 is 5.98. The number of aromatic nitrogens is 2. The van der Waals surface area contributed by atoms with Crippen LogP contribution in [0.25, 0.3) is 10.7 Å². The summed E-state index contributed by atoms with van der Waals surface area (Å²) in [5.41, 5.74) is 0.854. The highest BCUT2D eigenvalue weighted by molar-refractivity contribution is 9.10. The highest BCUT2D eigenvalue weighted by Gasteiger charge is 2.06. The van der Waals surface area contributed by atoms with E-state index in [4.69, 9.17) is 4.74 Å². The zero-order valence-electron chi connectivity index (χ0n) is 7.40. The quantitative estimate of drug-likeness (QED) is 0.842. The summed E-state index contributed by atoms with van der Waals surface area (Å²) in [6.07, 6.45) is 3.45. The summed E-state index contributed by atoms with van der Waals surface area (Å²) in [5.74, 6) is 0.727. The van der Waals surface area contributed by atoms with Crippen LogP contribution in [0.2, 0.25) is 0 Å². The first-order chi connectivity index (χ1) is 6.81. The Bertz CT molecular complexity index is 430. The number of hydrogen-bond donors (Lipinski definition) is 0. The lowest BCUT2D eigenvalue weighted by Gasteiger charge is -2.02. The Kier molecular flexibility index (Phi) is 2.79. The van der Waals surface area contributed by atoms with Crippen molar-refractivity contribution in [2.24, 2.45) is 0 Å². The largest absolute Gasteiger partial charge is 0.494 e. The normalized spacial score (nSPS) is 10.1. The average molecular weight is 271 g/mol. The summed E-state index contributed by atoms with van der Waals surface area (Å²) in [5, 5.41) is 2.84. The number of halogens is 1. The smallest absolute Gasteiger partial charge is 0.151 e. The van der Waals surface area contributed by atoms with Crippen LogP contribution in [0, 0.1) is 0 Å². The van der Waals surface area contributed by atoms with Gasteiger partial charge in [0, 0.05) is 11.6 Å². The number of ether oxygens (including phenoxy) is 1. The van der Waals surface area contributed by atoms with Crippen LogP contribution < -0.4 is 4.74 Å². The molecule has 5 heteroatoms. The molecule has 14 heavy (non-hydrogen) atoms. The van der Waals surface area contributed by atoms with Gasteiger partial charge in [-0.1, -0.05) is 0 Å². The van der Waals surface area contributed by atoms with E-state index in [9.17, 15) is 0 Å². The van der Waals surface area contributed by atoms with E-state index in [2.05, 4.69) is 25.9 Å². The monoisotopic (exact) mass is 270 g/mol. The first kappa shape index (κ1) is 9.61. The maximum absolute atomic E-state index is 5.09. The summed E-state index contributed by atoms with van der Waals surface area (Å²) in [7, 11) is 1.62.